The summed E-state index contributed by atoms with van der Waals surface area (Å²) in [6, 6.07) is 0. The third-order valence-corrected chi connectivity index (χ3v) is 5.02. The Balaban J connectivity index is 1.94. The summed E-state index contributed by atoms with van der Waals surface area (Å²) >= 11 is 3.61. The molecular formula is C11H15NOS2. The molecule has 2 nitrogen and oxygen atoms in total. The van der Waals surface area contributed by atoms with Crippen LogP contribution in [0.15, 0.2) is 6.20 Å². The number of rotatable bonds is 3. The van der Waals surface area contributed by atoms with Crippen LogP contribution >= 0.6 is 23.1 Å². The molecule has 0 spiro atoms. The third-order valence-electron chi connectivity index (χ3n) is 2.62. The van der Waals surface area contributed by atoms with E-state index >= 15 is 0 Å². The van der Waals surface area contributed by atoms with E-state index in [0.717, 1.165) is 22.2 Å². The van der Waals surface area contributed by atoms with E-state index in [0.29, 0.717) is 0 Å². The molecule has 0 amide bonds. The summed E-state index contributed by atoms with van der Waals surface area (Å²) in [5.74, 6) is 3.48. The van der Waals surface area contributed by atoms with Crippen molar-refractivity contribution in [1.29, 1.82) is 0 Å². The lowest BCUT2D eigenvalue weighted by Crippen LogP contribution is -2.12. The zero-order valence-electron chi connectivity index (χ0n) is 8.86. The van der Waals surface area contributed by atoms with Crippen molar-refractivity contribution < 1.29 is 4.79 Å². The molecule has 0 bridgehead atoms. The molecule has 1 aliphatic rings. The minimum absolute atomic E-state index is 0.136. The quantitative estimate of drug-likeness (QED) is 0.762. The Bertz CT molecular complexity index is 342. The topological polar surface area (TPSA) is 30.0 Å². The minimum Gasteiger partial charge on any atom is -0.294 e. The van der Waals surface area contributed by atoms with Gasteiger partial charge in [0, 0.05) is 19.5 Å². The van der Waals surface area contributed by atoms with Gasteiger partial charge in [-0.05, 0) is 30.3 Å². The molecule has 4 heteroatoms. The third kappa shape index (κ3) is 3.05. The molecule has 1 aliphatic heterocycles. The molecule has 0 saturated carbocycles. The van der Waals surface area contributed by atoms with Crippen molar-refractivity contribution in [2.45, 2.75) is 26.2 Å². The predicted octanol–water partition coefficient (Wildman–Crippen LogP) is 3.03. The predicted molar refractivity (Wildman–Crippen MR) is 65.9 cm³/mol. The molecule has 2 heterocycles. The number of aromatic nitrogens is 1. The van der Waals surface area contributed by atoms with E-state index < -0.39 is 0 Å². The molecule has 15 heavy (non-hydrogen) atoms. The zero-order valence-corrected chi connectivity index (χ0v) is 10.5. The van der Waals surface area contributed by atoms with Crippen LogP contribution in [0.25, 0.3) is 0 Å². The normalized spacial score (nSPS) is 21.5. The van der Waals surface area contributed by atoms with Gasteiger partial charge in [-0.2, -0.15) is 11.8 Å². The summed E-state index contributed by atoms with van der Waals surface area (Å²) < 4.78 is 0. The summed E-state index contributed by atoms with van der Waals surface area (Å²) in [6.45, 7) is 1.60. The second kappa shape index (κ2) is 5.12. The Morgan fingerprint density at radius 2 is 2.53 bits per heavy atom. The van der Waals surface area contributed by atoms with Crippen LogP contribution in [-0.2, 0) is 6.42 Å². The van der Waals surface area contributed by atoms with E-state index in [1.54, 1.807) is 24.5 Å². The van der Waals surface area contributed by atoms with Gasteiger partial charge in [-0.15, -0.1) is 11.3 Å². The fourth-order valence-electron chi connectivity index (χ4n) is 1.78. The van der Waals surface area contributed by atoms with Gasteiger partial charge < -0.3 is 0 Å². The Hall–Kier alpha value is -0.350. The van der Waals surface area contributed by atoms with Crippen LogP contribution < -0.4 is 0 Å². The van der Waals surface area contributed by atoms with Crippen LogP contribution in [0.5, 0.6) is 0 Å². The first kappa shape index (κ1) is 11.1. The van der Waals surface area contributed by atoms with Crippen LogP contribution in [0, 0.1) is 5.92 Å². The van der Waals surface area contributed by atoms with Gasteiger partial charge in [0.2, 0.25) is 0 Å². The van der Waals surface area contributed by atoms with Gasteiger partial charge in [-0.25, -0.2) is 4.98 Å². The Kier molecular flexibility index (Phi) is 3.81. The molecule has 82 valence electrons. The SMILES string of the molecule is CC(=O)c1cnc(CC2CCCSC2)s1. The second-order valence-corrected chi connectivity index (χ2v) is 6.23. The number of thiazole rings is 1. The maximum absolute atomic E-state index is 11.1. The first-order valence-electron chi connectivity index (χ1n) is 5.29. The number of nitrogens with zero attached hydrogens (tertiary/aromatic N) is 1. The highest BCUT2D eigenvalue weighted by Gasteiger charge is 2.16. The van der Waals surface area contributed by atoms with E-state index in [1.807, 2.05) is 11.8 Å². The van der Waals surface area contributed by atoms with Crippen LogP contribution in [0.2, 0.25) is 0 Å². The van der Waals surface area contributed by atoms with Gasteiger partial charge in [-0.3, -0.25) is 4.79 Å². The van der Waals surface area contributed by atoms with Gasteiger partial charge in [-0.1, -0.05) is 0 Å². The van der Waals surface area contributed by atoms with Gasteiger partial charge in [0.25, 0.3) is 0 Å². The van der Waals surface area contributed by atoms with Crippen molar-refractivity contribution in [2.24, 2.45) is 5.92 Å². The van der Waals surface area contributed by atoms with Gasteiger partial charge in [0.15, 0.2) is 5.78 Å². The number of carbonyl (C=O) groups is 1. The number of ketones is 1. The molecule has 1 aromatic rings. The Morgan fingerprint density at radius 1 is 1.67 bits per heavy atom. The van der Waals surface area contributed by atoms with Crippen molar-refractivity contribution in [2.75, 3.05) is 11.5 Å². The van der Waals surface area contributed by atoms with Crippen LogP contribution in [0.1, 0.15) is 34.4 Å². The van der Waals surface area contributed by atoms with E-state index in [4.69, 9.17) is 0 Å². The summed E-state index contributed by atoms with van der Waals surface area (Å²) in [5.41, 5.74) is 0. The monoisotopic (exact) mass is 241 g/mol. The van der Waals surface area contributed by atoms with Crippen molar-refractivity contribution in [3.05, 3.63) is 16.1 Å². The summed E-state index contributed by atoms with van der Waals surface area (Å²) in [5, 5.41) is 1.13. The molecule has 0 N–H and O–H groups in total. The van der Waals surface area contributed by atoms with E-state index in [-0.39, 0.29) is 5.78 Å². The van der Waals surface area contributed by atoms with Crippen LogP contribution in [0.3, 0.4) is 0 Å². The lowest BCUT2D eigenvalue weighted by molar-refractivity contribution is 0.102. The van der Waals surface area contributed by atoms with Crippen molar-refractivity contribution >= 4 is 28.9 Å². The molecule has 1 unspecified atom stereocenters. The average Bonchev–Trinajstić information content (AvgIpc) is 2.68. The fourth-order valence-corrected chi connectivity index (χ4v) is 3.87. The van der Waals surface area contributed by atoms with Crippen LogP contribution in [0.4, 0.5) is 0 Å². The van der Waals surface area contributed by atoms with Crippen molar-refractivity contribution in [3.8, 4) is 0 Å². The summed E-state index contributed by atoms with van der Waals surface area (Å²) in [6.07, 6.45) is 5.44. The lowest BCUT2D eigenvalue weighted by atomic mass is 10.0. The number of hydrogen-bond donors (Lipinski definition) is 0. The summed E-state index contributed by atoms with van der Waals surface area (Å²) in [4.78, 5) is 16.2. The first-order chi connectivity index (χ1) is 7.25. The van der Waals surface area contributed by atoms with E-state index in [9.17, 15) is 4.79 Å². The Morgan fingerprint density at radius 3 is 3.13 bits per heavy atom. The number of hydrogen-bond acceptors (Lipinski definition) is 4. The molecule has 1 saturated heterocycles. The lowest BCUT2D eigenvalue weighted by Gasteiger charge is -2.19. The first-order valence-corrected chi connectivity index (χ1v) is 7.26. The molecule has 2 rings (SSSR count). The molecule has 0 aromatic carbocycles. The van der Waals surface area contributed by atoms with E-state index in [1.165, 1.54) is 24.3 Å². The highest BCUT2D eigenvalue weighted by molar-refractivity contribution is 7.99. The standard InChI is InChI=1S/C11H15NOS2/c1-8(13)10-6-12-11(15-10)5-9-3-2-4-14-7-9/h6,9H,2-5,7H2,1H3. The maximum atomic E-state index is 11.1. The van der Waals surface area contributed by atoms with Gasteiger partial charge >= 0.3 is 0 Å². The van der Waals surface area contributed by atoms with E-state index in [2.05, 4.69) is 4.98 Å². The molecule has 1 atom stereocenters. The molecule has 0 aliphatic carbocycles. The Labute approximate surface area is 98.5 Å². The molecule has 0 radical (unpaired) electrons. The average molecular weight is 241 g/mol. The number of thioether (sulfide) groups is 1. The zero-order chi connectivity index (χ0) is 10.7. The largest absolute Gasteiger partial charge is 0.294 e. The minimum atomic E-state index is 0.136. The van der Waals surface area contributed by atoms with Crippen molar-refractivity contribution in [1.82, 2.24) is 4.98 Å². The highest BCUT2D eigenvalue weighted by atomic mass is 32.2. The van der Waals surface area contributed by atoms with Gasteiger partial charge in [0.1, 0.15) is 0 Å². The van der Waals surface area contributed by atoms with Crippen LogP contribution in [-0.4, -0.2) is 22.3 Å². The molecule has 1 aromatic heterocycles. The number of carbonyl (C=O) groups excluding carboxylic acids is 1. The molecule has 1 fully saturated rings. The molecular weight excluding hydrogens is 226 g/mol. The fraction of sp³-hybridized carbons (Fsp3) is 0.636. The van der Waals surface area contributed by atoms with Crippen molar-refractivity contribution in [3.63, 3.8) is 0 Å². The van der Waals surface area contributed by atoms with Gasteiger partial charge in [0.05, 0.1) is 9.88 Å². The smallest absolute Gasteiger partial charge is 0.171 e. The maximum Gasteiger partial charge on any atom is 0.171 e. The summed E-state index contributed by atoms with van der Waals surface area (Å²) in [7, 11) is 0. The second-order valence-electron chi connectivity index (χ2n) is 3.96. The number of Topliss-reactive ketones (excluding diaryl/α,β-unsaturated/α-hetero) is 1. The highest BCUT2D eigenvalue weighted by Crippen LogP contribution is 2.27.